The highest BCUT2D eigenvalue weighted by molar-refractivity contribution is 8.00. The van der Waals surface area contributed by atoms with Gasteiger partial charge in [-0.3, -0.25) is 4.79 Å². The molecule has 22 heavy (non-hydrogen) atoms. The van der Waals surface area contributed by atoms with Crippen molar-refractivity contribution < 1.29 is 9.21 Å². The summed E-state index contributed by atoms with van der Waals surface area (Å²) in [5, 5.41) is 11.1. The van der Waals surface area contributed by atoms with Crippen LogP contribution in [0.25, 0.3) is 0 Å². The van der Waals surface area contributed by atoms with E-state index < -0.39 is 0 Å². The summed E-state index contributed by atoms with van der Waals surface area (Å²) < 4.78 is 5.48. The Labute approximate surface area is 140 Å². The van der Waals surface area contributed by atoms with Gasteiger partial charge >= 0.3 is 0 Å². The number of carbonyl (C=O) groups is 1. The van der Waals surface area contributed by atoms with Gasteiger partial charge in [-0.15, -0.1) is 10.2 Å². The zero-order valence-corrected chi connectivity index (χ0v) is 14.8. The SMILES string of the molecule is CSCc1nnc(SC(C)C(=O)NCCC2=CCCCC2)o1. The minimum atomic E-state index is -0.233. The predicted molar refractivity (Wildman–Crippen MR) is 91.0 cm³/mol. The van der Waals surface area contributed by atoms with E-state index in [2.05, 4.69) is 21.6 Å². The number of hydrogen-bond donors (Lipinski definition) is 1. The largest absolute Gasteiger partial charge is 0.415 e. The van der Waals surface area contributed by atoms with Crippen LogP contribution in [-0.4, -0.2) is 34.2 Å². The number of carbonyl (C=O) groups excluding carboxylic acids is 1. The molecule has 5 nitrogen and oxygen atoms in total. The van der Waals surface area contributed by atoms with Crippen LogP contribution in [0.3, 0.4) is 0 Å². The van der Waals surface area contributed by atoms with Crippen molar-refractivity contribution in [2.45, 2.75) is 55.3 Å². The fourth-order valence-electron chi connectivity index (χ4n) is 2.29. The van der Waals surface area contributed by atoms with Crippen LogP contribution in [0.4, 0.5) is 0 Å². The smallest absolute Gasteiger partial charge is 0.277 e. The topological polar surface area (TPSA) is 68.0 Å². The Hall–Kier alpha value is -0.950. The van der Waals surface area contributed by atoms with Crippen molar-refractivity contribution in [3.8, 4) is 0 Å². The molecule has 1 unspecified atom stereocenters. The molecule has 0 fully saturated rings. The van der Waals surface area contributed by atoms with Crippen molar-refractivity contribution >= 4 is 29.4 Å². The first-order chi connectivity index (χ1) is 10.7. The van der Waals surface area contributed by atoms with E-state index in [0.29, 0.717) is 23.4 Å². The van der Waals surface area contributed by atoms with Crippen LogP contribution in [0.2, 0.25) is 0 Å². The number of nitrogens with one attached hydrogen (secondary N) is 1. The van der Waals surface area contributed by atoms with Gasteiger partial charge < -0.3 is 9.73 Å². The molecule has 0 saturated carbocycles. The standard InChI is InChI=1S/C15H23N3O2S2/c1-11(22-15-18-17-13(20-15)10-21-2)14(19)16-9-8-12-6-4-3-5-7-12/h6,11H,3-5,7-10H2,1-2H3,(H,16,19). The summed E-state index contributed by atoms with van der Waals surface area (Å²) in [6, 6.07) is 0. The monoisotopic (exact) mass is 341 g/mol. The molecule has 1 aliphatic rings. The number of thioether (sulfide) groups is 2. The van der Waals surface area contributed by atoms with Gasteiger partial charge in [0.1, 0.15) is 0 Å². The molecule has 1 aliphatic carbocycles. The zero-order valence-electron chi connectivity index (χ0n) is 13.1. The highest BCUT2D eigenvalue weighted by Crippen LogP contribution is 2.23. The molecule has 0 bridgehead atoms. The number of rotatable bonds is 8. The third-order valence-electron chi connectivity index (χ3n) is 3.49. The second-order valence-corrected chi connectivity index (χ2v) is 7.46. The van der Waals surface area contributed by atoms with Gasteiger partial charge in [-0.05, 0) is 45.3 Å². The first kappa shape index (κ1) is 17.4. The van der Waals surface area contributed by atoms with E-state index >= 15 is 0 Å². The van der Waals surface area contributed by atoms with Crippen LogP contribution in [0.15, 0.2) is 21.3 Å². The molecule has 0 aromatic carbocycles. The Balaban J connectivity index is 1.70. The molecule has 1 heterocycles. The van der Waals surface area contributed by atoms with Gasteiger partial charge in [-0.2, -0.15) is 11.8 Å². The Morgan fingerprint density at radius 1 is 1.45 bits per heavy atom. The minimum Gasteiger partial charge on any atom is -0.415 e. The fourth-order valence-corrected chi connectivity index (χ4v) is 3.38. The van der Waals surface area contributed by atoms with Gasteiger partial charge in [0.05, 0.1) is 11.0 Å². The van der Waals surface area contributed by atoms with Crippen molar-refractivity contribution in [2.75, 3.05) is 12.8 Å². The molecular formula is C15H23N3O2S2. The van der Waals surface area contributed by atoms with Gasteiger partial charge in [0.2, 0.25) is 11.8 Å². The van der Waals surface area contributed by atoms with Gasteiger partial charge in [0.15, 0.2) is 0 Å². The number of allylic oxidation sites excluding steroid dienone is 1. The molecule has 2 rings (SSSR count). The van der Waals surface area contributed by atoms with Crippen LogP contribution < -0.4 is 5.32 Å². The molecule has 1 atom stereocenters. The number of amides is 1. The molecule has 1 N–H and O–H groups in total. The Bertz CT molecular complexity index is 517. The average Bonchev–Trinajstić information content (AvgIpc) is 2.96. The van der Waals surface area contributed by atoms with Gasteiger partial charge in [-0.1, -0.05) is 23.4 Å². The van der Waals surface area contributed by atoms with Crippen molar-refractivity contribution in [1.29, 1.82) is 0 Å². The second kappa shape index (κ2) is 9.25. The molecule has 0 saturated heterocycles. The summed E-state index contributed by atoms with van der Waals surface area (Å²) in [6.45, 7) is 2.56. The Morgan fingerprint density at radius 2 is 2.32 bits per heavy atom. The first-order valence-electron chi connectivity index (χ1n) is 7.62. The third kappa shape index (κ3) is 5.68. The van der Waals surface area contributed by atoms with Crippen molar-refractivity contribution in [3.63, 3.8) is 0 Å². The lowest BCUT2D eigenvalue weighted by Crippen LogP contribution is -2.31. The maximum atomic E-state index is 12.1. The molecule has 0 spiro atoms. The maximum Gasteiger partial charge on any atom is 0.277 e. The number of aromatic nitrogens is 2. The van der Waals surface area contributed by atoms with E-state index in [1.54, 1.807) is 11.8 Å². The second-order valence-electron chi connectivity index (χ2n) is 5.30. The normalized spacial score (nSPS) is 16.2. The van der Waals surface area contributed by atoms with Crippen LogP contribution in [0.5, 0.6) is 0 Å². The lowest BCUT2D eigenvalue weighted by atomic mass is 9.97. The lowest BCUT2D eigenvalue weighted by Gasteiger charge is -2.14. The molecule has 0 aliphatic heterocycles. The van der Waals surface area contributed by atoms with Crippen LogP contribution in [0.1, 0.15) is 44.9 Å². The Morgan fingerprint density at radius 3 is 3.05 bits per heavy atom. The fraction of sp³-hybridized carbons (Fsp3) is 0.667. The summed E-state index contributed by atoms with van der Waals surface area (Å²) in [5.41, 5.74) is 1.48. The predicted octanol–water partition coefficient (Wildman–Crippen LogP) is 3.42. The molecule has 1 aromatic rings. The van der Waals surface area contributed by atoms with E-state index in [1.807, 2.05) is 13.2 Å². The summed E-state index contributed by atoms with van der Waals surface area (Å²) in [5.74, 6) is 1.32. The zero-order chi connectivity index (χ0) is 15.8. The third-order valence-corrected chi connectivity index (χ3v) is 4.96. The van der Waals surface area contributed by atoms with E-state index in [1.165, 1.54) is 43.0 Å². The van der Waals surface area contributed by atoms with E-state index in [4.69, 9.17) is 4.42 Å². The summed E-state index contributed by atoms with van der Waals surface area (Å²) >= 11 is 2.94. The van der Waals surface area contributed by atoms with Gasteiger partial charge in [0, 0.05) is 6.54 Å². The van der Waals surface area contributed by atoms with Crippen molar-refractivity contribution in [1.82, 2.24) is 15.5 Å². The number of hydrogen-bond acceptors (Lipinski definition) is 6. The molecule has 0 radical (unpaired) electrons. The molecule has 1 amide bonds. The highest BCUT2D eigenvalue weighted by Gasteiger charge is 2.18. The molecule has 7 heteroatoms. The molecule has 122 valence electrons. The van der Waals surface area contributed by atoms with Crippen LogP contribution >= 0.6 is 23.5 Å². The van der Waals surface area contributed by atoms with Crippen LogP contribution in [-0.2, 0) is 10.5 Å². The molecular weight excluding hydrogens is 318 g/mol. The van der Waals surface area contributed by atoms with Gasteiger partial charge in [0.25, 0.3) is 5.22 Å². The van der Waals surface area contributed by atoms with E-state index in [0.717, 1.165) is 6.42 Å². The summed E-state index contributed by atoms with van der Waals surface area (Å²) in [7, 11) is 0. The van der Waals surface area contributed by atoms with Crippen molar-refractivity contribution in [2.24, 2.45) is 0 Å². The summed E-state index contributed by atoms with van der Waals surface area (Å²) in [6.07, 6.45) is 10.2. The minimum absolute atomic E-state index is 0.0195. The van der Waals surface area contributed by atoms with E-state index in [9.17, 15) is 4.79 Å². The molecule has 1 aromatic heterocycles. The first-order valence-corrected chi connectivity index (χ1v) is 9.90. The van der Waals surface area contributed by atoms with Gasteiger partial charge in [-0.25, -0.2) is 0 Å². The van der Waals surface area contributed by atoms with E-state index in [-0.39, 0.29) is 11.2 Å². The van der Waals surface area contributed by atoms with Crippen LogP contribution in [0, 0.1) is 0 Å². The Kier molecular flexibility index (Phi) is 7.32. The quantitative estimate of drug-likeness (QED) is 0.577. The number of nitrogens with zero attached hydrogens (tertiary/aromatic N) is 2. The lowest BCUT2D eigenvalue weighted by molar-refractivity contribution is -0.120. The highest BCUT2D eigenvalue weighted by atomic mass is 32.2. The maximum absolute atomic E-state index is 12.1. The van der Waals surface area contributed by atoms with Crippen molar-refractivity contribution in [3.05, 3.63) is 17.5 Å². The average molecular weight is 342 g/mol. The summed E-state index contributed by atoms with van der Waals surface area (Å²) in [4.78, 5) is 12.1.